The van der Waals surface area contributed by atoms with Crippen molar-refractivity contribution < 1.29 is 9.59 Å². The third-order valence-electron chi connectivity index (χ3n) is 5.06. The number of aromatic nitrogens is 1. The molecule has 2 amide bonds. The van der Waals surface area contributed by atoms with Crippen LogP contribution in [0.15, 0.2) is 66.9 Å². The number of nitrogens with one attached hydrogen (secondary N) is 1. The predicted octanol–water partition coefficient (Wildman–Crippen LogP) is 3.47. The van der Waals surface area contributed by atoms with Crippen molar-refractivity contribution in [1.82, 2.24) is 10.3 Å². The Kier molecular flexibility index (Phi) is 4.59. The molecule has 3 aromatic rings. The Morgan fingerprint density at radius 1 is 1.11 bits per heavy atom. The molecule has 1 N–H and O–H groups in total. The summed E-state index contributed by atoms with van der Waals surface area (Å²) in [6, 6.07) is 19.3. The number of hydrogen-bond acceptors (Lipinski definition) is 3. The molecule has 2 atom stereocenters. The molecule has 2 aromatic carbocycles. The quantitative estimate of drug-likeness (QED) is 0.776. The maximum atomic E-state index is 12.7. The van der Waals surface area contributed by atoms with E-state index in [1.807, 2.05) is 67.6 Å². The maximum Gasteiger partial charge on any atom is 0.227 e. The molecule has 4 rings (SSSR count). The number of amides is 2. The van der Waals surface area contributed by atoms with Crippen molar-refractivity contribution in [3.05, 3.63) is 72.4 Å². The van der Waals surface area contributed by atoms with Gasteiger partial charge in [0, 0.05) is 24.5 Å². The number of hydrogen-bond donors (Lipinski definition) is 1. The van der Waals surface area contributed by atoms with Gasteiger partial charge in [0.2, 0.25) is 11.8 Å². The molecule has 27 heavy (non-hydrogen) atoms. The number of rotatable bonds is 4. The van der Waals surface area contributed by atoms with Crippen LogP contribution in [0, 0.1) is 5.92 Å². The summed E-state index contributed by atoms with van der Waals surface area (Å²) < 4.78 is 0. The molecule has 5 nitrogen and oxygen atoms in total. The van der Waals surface area contributed by atoms with Crippen LogP contribution in [0.5, 0.6) is 0 Å². The molecule has 5 heteroatoms. The zero-order chi connectivity index (χ0) is 18.8. The summed E-state index contributed by atoms with van der Waals surface area (Å²) in [6.07, 6.45) is 1.94. The lowest BCUT2D eigenvalue weighted by atomic mass is 10.1. The molecule has 2 unspecified atom stereocenters. The summed E-state index contributed by atoms with van der Waals surface area (Å²) in [6.45, 7) is 2.33. The highest BCUT2D eigenvalue weighted by atomic mass is 16.2. The Morgan fingerprint density at radius 2 is 1.89 bits per heavy atom. The highest BCUT2D eigenvalue weighted by Crippen LogP contribution is 2.30. The van der Waals surface area contributed by atoms with E-state index in [0.29, 0.717) is 6.54 Å². The summed E-state index contributed by atoms with van der Waals surface area (Å²) in [5, 5.41) is 4.01. The van der Waals surface area contributed by atoms with E-state index in [2.05, 4.69) is 10.3 Å². The minimum atomic E-state index is -0.359. The SMILES string of the molecule is CC(NC(=O)C1CC(=O)N(c2cccc3cccnc23)C1)c1ccccc1. The fourth-order valence-corrected chi connectivity index (χ4v) is 3.58. The molecular weight excluding hydrogens is 338 g/mol. The molecule has 1 saturated heterocycles. The first-order valence-electron chi connectivity index (χ1n) is 9.13. The molecule has 2 heterocycles. The van der Waals surface area contributed by atoms with Crippen molar-refractivity contribution >= 4 is 28.4 Å². The Morgan fingerprint density at radius 3 is 2.70 bits per heavy atom. The van der Waals surface area contributed by atoms with Crippen LogP contribution < -0.4 is 10.2 Å². The number of nitrogens with zero attached hydrogens (tertiary/aromatic N) is 2. The fourth-order valence-electron chi connectivity index (χ4n) is 3.58. The average Bonchev–Trinajstić information content (AvgIpc) is 3.10. The largest absolute Gasteiger partial charge is 0.349 e. The number of para-hydroxylation sites is 1. The van der Waals surface area contributed by atoms with Crippen LogP contribution in [-0.4, -0.2) is 23.3 Å². The van der Waals surface area contributed by atoms with E-state index >= 15 is 0 Å². The second-order valence-corrected chi connectivity index (χ2v) is 6.90. The van der Waals surface area contributed by atoms with E-state index in [1.165, 1.54) is 0 Å². The molecule has 0 aliphatic carbocycles. The first-order valence-corrected chi connectivity index (χ1v) is 9.13. The molecule has 0 saturated carbocycles. The van der Waals surface area contributed by atoms with Crippen LogP contribution in [0.1, 0.15) is 24.9 Å². The van der Waals surface area contributed by atoms with Crippen LogP contribution >= 0.6 is 0 Å². The van der Waals surface area contributed by atoms with Crippen LogP contribution in [0.4, 0.5) is 5.69 Å². The molecule has 1 aromatic heterocycles. The first-order chi connectivity index (χ1) is 13.1. The van der Waals surface area contributed by atoms with Crippen LogP contribution in [-0.2, 0) is 9.59 Å². The smallest absolute Gasteiger partial charge is 0.227 e. The lowest BCUT2D eigenvalue weighted by Crippen LogP contribution is -2.34. The van der Waals surface area contributed by atoms with Gasteiger partial charge in [-0.2, -0.15) is 0 Å². The van der Waals surface area contributed by atoms with E-state index in [1.54, 1.807) is 11.1 Å². The Hall–Kier alpha value is -3.21. The van der Waals surface area contributed by atoms with E-state index in [9.17, 15) is 9.59 Å². The molecule has 1 aliphatic rings. The van der Waals surface area contributed by atoms with Gasteiger partial charge in [0.25, 0.3) is 0 Å². The highest BCUT2D eigenvalue weighted by molar-refractivity contribution is 6.05. The zero-order valence-electron chi connectivity index (χ0n) is 15.1. The third-order valence-corrected chi connectivity index (χ3v) is 5.06. The van der Waals surface area contributed by atoms with Crippen LogP contribution in [0.25, 0.3) is 10.9 Å². The number of pyridine rings is 1. The van der Waals surface area contributed by atoms with E-state index in [0.717, 1.165) is 22.2 Å². The van der Waals surface area contributed by atoms with Gasteiger partial charge in [0.15, 0.2) is 0 Å². The molecule has 136 valence electrons. The topological polar surface area (TPSA) is 62.3 Å². The van der Waals surface area contributed by atoms with Crippen molar-refractivity contribution in [3.8, 4) is 0 Å². The Bertz CT molecular complexity index is 982. The van der Waals surface area contributed by atoms with E-state index in [-0.39, 0.29) is 30.2 Å². The van der Waals surface area contributed by atoms with Crippen molar-refractivity contribution in [1.29, 1.82) is 0 Å². The van der Waals surface area contributed by atoms with Gasteiger partial charge in [0.1, 0.15) is 0 Å². The second kappa shape index (κ2) is 7.19. The van der Waals surface area contributed by atoms with Crippen molar-refractivity contribution in [2.45, 2.75) is 19.4 Å². The number of anilines is 1. The number of benzene rings is 2. The lowest BCUT2D eigenvalue weighted by Gasteiger charge is -2.19. The number of fused-ring (bicyclic) bond motifs is 1. The first kappa shape index (κ1) is 17.2. The molecule has 1 fully saturated rings. The molecule has 0 bridgehead atoms. The molecular formula is C22H21N3O2. The van der Waals surface area contributed by atoms with Gasteiger partial charge < -0.3 is 10.2 Å². The van der Waals surface area contributed by atoms with Gasteiger partial charge in [0.05, 0.1) is 23.2 Å². The van der Waals surface area contributed by atoms with Gasteiger partial charge in [-0.3, -0.25) is 14.6 Å². The highest BCUT2D eigenvalue weighted by Gasteiger charge is 2.36. The van der Waals surface area contributed by atoms with Gasteiger partial charge >= 0.3 is 0 Å². The normalized spacial score (nSPS) is 17.9. The minimum absolute atomic E-state index is 0.0410. The molecule has 0 spiro atoms. The van der Waals surface area contributed by atoms with Gasteiger partial charge in [-0.05, 0) is 24.6 Å². The van der Waals surface area contributed by atoms with Crippen molar-refractivity contribution in [2.24, 2.45) is 5.92 Å². The Labute approximate surface area is 158 Å². The van der Waals surface area contributed by atoms with E-state index < -0.39 is 0 Å². The summed E-state index contributed by atoms with van der Waals surface area (Å²) in [4.78, 5) is 31.4. The van der Waals surface area contributed by atoms with Crippen LogP contribution in [0.2, 0.25) is 0 Å². The average molecular weight is 359 g/mol. The second-order valence-electron chi connectivity index (χ2n) is 6.90. The van der Waals surface area contributed by atoms with E-state index in [4.69, 9.17) is 0 Å². The summed E-state index contributed by atoms with van der Waals surface area (Å²) >= 11 is 0. The van der Waals surface area contributed by atoms with Crippen molar-refractivity contribution in [2.75, 3.05) is 11.4 Å². The maximum absolute atomic E-state index is 12.7. The van der Waals surface area contributed by atoms with Gasteiger partial charge in [-0.1, -0.05) is 48.5 Å². The third kappa shape index (κ3) is 3.40. The van der Waals surface area contributed by atoms with Crippen molar-refractivity contribution in [3.63, 3.8) is 0 Å². The minimum Gasteiger partial charge on any atom is -0.349 e. The molecule has 0 radical (unpaired) electrons. The number of carbonyl (C=O) groups excluding carboxylic acids is 2. The fraction of sp³-hybridized carbons (Fsp3) is 0.227. The van der Waals surface area contributed by atoms with Crippen LogP contribution in [0.3, 0.4) is 0 Å². The van der Waals surface area contributed by atoms with Gasteiger partial charge in [-0.25, -0.2) is 0 Å². The summed E-state index contributed by atoms with van der Waals surface area (Å²) in [5.74, 6) is -0.487. The van der Waals surface area contributed by atoms with Gasteiger partial charge in [-0.15, -0.1) is 0 Å². The summed E-state index contributed by atoms with van der Waals surface area (Å²) in [5.41, 5.74) is 2.60. The Balaban J connectivity index is 1.51. The predicted molar refractivity (Wildman–Crippen MR) is 105 cm³/mol. The summed E-state index contributed by atoms with van der Waals surface area (Å²) in [7, 11) is 0. The monoisotopic (exact) mass is 359 g/mol. The zero-order valence-corrected chi connectivity index (χ0v) is 15.1. The number of carbonyl (C=O) groups is 2. The molecule has 1 aliphatic heterocycles. The standard InChI is InChI=1S/C22H21N3O2/c1-15(16-7-3-2-4-8-16)24-22(27)18-13-20(26)25(14-18)19-11-5-9-17-10-6-12-23-21(17)19/h2-12,15,18H,13-14H2,1H3,(H,24,27). The lowest BCUT2D eigenvalue weighted by molar-refractivity contribution is -0.126.